The molecule has 1 heteroatoms. The van der Waals surface area contributed by atoms with E-state index in [2.05, 4.69) is 58.3 Å². The standard InChI is InChI=1S/C17H17P/c1-3-5-8-13(4-2)15-11-6-9-14-10-7-12-16(18)17(14)15/h3-12H,2,18H2,1H3/b5-3-,13-8+. The van der Waals surface area contributed by atoms with Crippen LogP contribution >= 0.6 is 9.24 Å². The highest BCUT2D eigenvalue weighted by Crippen LogP contribution is 2.25. The van der Waals surface area contributed by atoms with Crippen molar-refractivity contribution in [2.45, 2.75) is 6.92 Å². The van der Waals surface area contributed by atoms with Crippen LogP contribution in [0, 0.1) is 0 Å². The number of benzene rings is 2. The normalized spacial score (nSPS) is 12.2. The summed E-state index contributed by atoms with van der Waals surface area (Å²) in [6, 6.07) is 12.7. The summed E-state index contributed by atoms with van der Waals surface area (Å²) >= 11 is 0. The Morgan fingerprint density at radius 1 is 1.17 bits per heavy atom. The average Bonchev–Trinajstić information content (AvgIpc) is 2.40. The van der Waals surface area contributed by atoms with Crippen LogP contribution in [0.1, 0.15) is 12.5 Å². The molecule has 0 spiro atoms. The van der Waals surface area contributed by atoms with E-state index < -0.39 is 0 Å². The van der Waals surface area contributed by atoms with E-state index in [9.17, 15) is 0 Å². The summed E-state index contributed by atoms with van der Waals surface area (Å²) in [6.45, 7) is 5.93. The highest BCUT2D eigenvalue weighted by atomic mass is 31.0. The Hall–Kier alpha value is -1.65. The van der Waals surface area contributed by atoms with Crippen molar-refractivity contribution in [2.24, 2.45) is 0 Å². The minimum Gasteiger partial charge on any atom is -0.105 e. The molecule has 0 aromatic heterocycles. The molecular formula is C17H17P. The Balaban J connectivity index is 2.74. The largest absolute Gasteiger partial charge is 0.105 e. The van der Waals surface area contributed by atoms with Crippen LogP contribution in [-0.2, 0) is 0 Å². The van der Waals surface area contributed by atoms with Crippen molar-refractivity contribution >= 4 is 30.9 Å². The number of hydrogen-bond donors (Lipinski definition) is 0. The molecule has 1 atom stereocenters. The first-order chi connectivity index (χ1) is 8.77. The molecule has 0 aliphatic heterocycles. The Morgan fingerprint density at radius 2 is 1.89 bits per heavy atom. The van der Waals surface area contributed by atoms with E-state index in [4.69, 9.17) is 0 Å². The highest BCUT2D eigenvalue weighted by molar-refractivity contribution is 7.28. The van der Waals surface area contributed by atoms with Crippen LogP contribution in [0.4, 0.5) is 0 Å². The lowest BCUT2D eigenvalue weighted by Crippen LogP contribution is -1.96. The third-order valence-corrected chi connectivity index (χ3v) is 3.42. The molecular weight excluding hydrogens is 235 g/mol. The maximum Gasteiger partial charge on any atom is -0.00337 e. The van der Waals surface area contributed by atoms with Gasteiger partial charge in [-0.2, -0.15) is 0 Å². The minimum absolute atomic E-state index is 1.15. The van der Waals surface area contributed by atoms with Gasteiger partial charge in [0.05, 0.1) is 0 Å². The molecule has 0 N–H and O–H groups in total. The summed E-state index contributed by atoms with van der Waals surface area (Å²) in [4.78, 5) is 0. The molecule has 0 heterocycles. The molecule has 1 unspecified atom stereocenters. The van der Waals surface area contributed by atoms with Crippen LogP contribution in [0.3, 0.4) is 0 Å². The summed E-state index contributed by atoms with van der Waals surface area (Å²) in [7, 11) is 2.81. The van der Waals surface area contributed by atoms with Crippen LogP contribution in [-0.4, -0.2) is 0 Å². The molecule has 2 aromatic rings. The molecule has 0 saturated carbocycles. The van der Waals surface area contributed by atoms with Gasteiger partial charge < -0.3 is 0 Å². The lowest BCUT2D eigenvalue weighted by atomic mass is 9.98. The number of fused-ring (bicyclic) bond motifs is 1. The molecule has 0 bridgehead atoms. The van der Waals surface area contributed by atoms with Crippen LogP contribution in [0.25, 0.3) is 16.3 Å². The minimum atomic E-state index is 1.15. The molecule has 2 rings (SSSR count). The molecule has 0 fully saturated rings. The fraction of sp³-hybridized carbons (Fsp3) is 0.0588. The summed E-state index contributed by atoms with van der Waals surface area (Å²) in [5, 5.41) is 3.75. The Bertz CT molecular complexity index is 628. The van der Waals surface area contributed by atoms with E-state index in [-0.39, 0.29) is 0 Å². The van der Waals surface area contributed by atoms with Gasteiger partial charge in [0.2, 0.25) is 0 Å². The van der Waals surface area contributed by atoms with E-state index in [0.29, 0.717) is 0 Å². The fourth-order valence-electron chi connectivity index (χ4n) is 2.08. The monoisotopic (exact) mass is 252 g/mol. The maximum absolute atomic E-state index is 3.92. The van der Waals surface area contributed by atoms with Crippen LogP contribution in [0.2, 0.25) is 0 Å². The van der Waals surface area contributed by atoms with Crippen molar-refractivity contribution in [3.63, 3.8) is 0 Å². The summed E-state index contributed by atoms with van der Waals surface area (Å²) in [6.07, 6.45) is 8.07. The van der Waals surface area contributed by atoms with Crippen molar-refractivity contribution in [1.29, 1.82) is 0 Å². The van der Waals surface area contributed by atoms with Gasteiger partial charge in [-0.25, -0.2) is 0 Å². The van der Waals surface area contributed by atoms with Crippen molar-refractivity contribution in [3.8, 4) is 0 Å². The smallest absolute Gasteiger partial charge is 0.00337 e. The Kier molecular flexibility index (Phi) is 4.12. The quantitative estimate of drug-likeness (QED) is 0.558. The summed E-state index contributed by atoms with van der Waals surface area (Å²) < 4.78 is 0. The SMILES string of the molecule is C=C/C(=C\C=C/C)c1cccc2cccc(P)c12. The second-order valence-electron chi connectivity index (χ2n) is 4.10. The van der Waals surface area contributed by atoms with Crippen molar-refractivity contribution in [2.75, 3.05) is 0 Å². The van der Waals surface area contributed by atoms with Crippen molar-refractivity contribution in [3.05, 3.63) is 72.8 Å². The zero-order valence-electron chi connectivity index (χ0n) is 10.6. The van der Waals surface area contributed by atoms with E-state index in [1.165, 1.54) is 21.6 Å². The Labute approximate surface area is 111 Å². The topological polar surface area (TPSA) is 0 Å². The zero-order chi connectivity index (χ0) is 13.0. The van der Waals surface area contributed by atoms with Crippen LogP contribution in [0.15, 0.2) is 67.3 Å². The van der Waals surface area contributed by atoms with Crippen molar-refractivity contribution in [1.82, 2.24) is 0 Å². The first kappa shape index (κ1) is 12.8. The van der Waals surface area contributed by atoms with Gasteiger partial charge in [0, 0.05) is 0 Å². The van der Waals surface area contributed by atoms with Gasteiger partial charge in [-0.05, 0) is 34.1 Å². The molecule has 2 aromatic carbocycles. The summed E-state index contributed by atoms with van der Waals surface area (Å²) in [5.41, 5.74) is 2.37. The molecule has 0 aliphatic carbocycles. The van der Waals surface area contributed by atoms with Gasteiger partial charge >= 0.3 is 0 Å². The fourth-order valence-corrected chi connectivity index (χ4v) is 2.51. The molecule has 0 radical (unpaired) electrons. The van der Waals surface area contributed by atoms with Gasteiger partial charge in [0.1, 0.15) is 0 Å². The number of hydrogen-bond acceptors (Lipinski definition) is 0. The Morgan fingerprint density at radius 3 is 2.56 bits per heavy atom. The molecule has 0 aliphatic rings. The van der Waals surface area contributed by atoms with Crippen LogP contribution in [0.5, 0.6) is 0 Å². The maximum atomic E-state index is 3.92. The van der Waals surface area contributed by atoms with Gasteiger partial charge in [-0.15, -0.1) is 9.24 Å². The highest BCUT2D eigenvalue weighted by Gasteiger charge is 2.05. The second kappa shape index (κ2) is 5.80. The third kappa shape index (κ3) is 2.44. The molecule has 90 valence electrons. The van der Waals surface area contributed by atoms with Gasteiger partial charge in [0.25, 0.3) is 0 Å². The van der Waals surface area contributed by atoms with E-state index in [1.807, 2.05) is 25.2 Å². The van der Waals surface area contributed by atoms with Crippen molar-refractivity contribution < 1.29 is 0 Å². The molecule has 0 saturated heterocycles. The first-order valence-electron chi connectivity index (χ1n) is 6.01. The first-order valence-corrected chi connectivity index (χ1v) is 6.58. The van der Waals surface area contributed by atoms with E-state index >= 15 is 0 Å². The molecule has 18 heavy (non-hydrogen) atoms. The van der Waals surface area contributed by atoms with Gasteiger partial charge in [-0.3, -0.25) is 0 Å². The van der Waals surface area contributed by atoms with Gasteiger partial charge in [-0.1, -0.05) is 67.3 Å². The number of rotatable bonds is 3. The van der Waals surface area contributed by atoms with E-state index in [1.54, 1.807) is 0 Å². The van der Waals surface area contributed by atoms with Crippen LogP contribution < -0.4 is 5.30 Å². The predicted molar refractivity (Wildman–Crippen MR) is 86.3 cm³/mol. The third-order valence-electron chi connectivity index (χ3n) is 2.94. The lowest BCUT2D eigenvalue weighted by Gasteiger charge is -2.09. The lowest BCUT2D eigenvalue weighted by molar-refractivity contribution is 1.68. The number of allylic oxidation sites excluding steroid dienone is 5. The predicted octanol–water partition coefficient (Wildman–Crippen LogP) is 4.49. The molecule has 0 nitrogen and oxygen atoms in total. The average molecular weight is 252 g/mol. The van der Waals surface area contributed by atoms with E-state index in [0.717, 1.165) is 5.57 Å². The molecule has 0 amide bonds. The summed E-state index contributed by atoms with van der Waals surface area (Å²) in [5.74, 6) is 0. The van der Waals surface area contributed by atoms with Gasteiger partial charge in [0.15, 0.2) is 0 Å². The zero-order valence-corrected chi connectivity index (χ0v) is 11.7. The second-order valence-corrected chi connectivity index (χ2v) is 4.72.